The van der Waals surface area contributed by atoms with Crippen molar-refractivity contribution in [2.45, 2.75) is 6.54 Å². The summed E-state index contributed by atoms with van der Waals surface area (Å²) < 4.78 is 0. The monoisotopic (exact) mass is 301 g/mol. The summed E-state index contributed by atoms with van der Waals surface area (Å²) in [4.78, 5) is 13.3. The third-order valence-electron chi connectivity index (χ3n) is 3.48. The lowest BCUT2D eigenvalue weighted by atomic mass is 10.2. The summed E-state index contributed by atoms with van der Waals surface area (Å²) in [6.45, 7) is 2.08. The average molecular weight is 302 g/mol. The molecule has 1 fully saturated rings. The zero-order valence-corrected chi connectivity index (χ0v) is 12.2. The highest BCUT2D eigenvalue weighted by Gasteiger charge is 2.20. The third kappa shape index (κ3) is 3.11. The minimum atomic E-state index is -0.0354. The molecule has 0 radical (unpaired) electrons. The van der Waals surface area contributed by atoms with Crippen LogP contribution in [0.15, 0.2) is 48.5 Å². The van der Waals surface area contributed by atoms with Crippen molar-refractivity contribution in [2.75, 3.05) is 23.3 Å². The third-order valence-corrected chi connectivity index (χ3v) is 3.85. The van der Waals surface area contributed by atoms with Gasteiger partial charge in [0, 0.05) is 36.0 Å². The lowest BCUT2D eigenvalue weighted by Gasteiger charge is -2.15. The van der Waals surface area contributed by atoms with Crippen LogP contribution in [0.5, 0.6) is 0 Å². The summed E-state index contributed by atoms with van der Waals surface area (Å²) in [7, 11) is 0. The molecule has 0 saturated carbocycles. The van der Waals surface area contributed by atoms with Gasteiger partial charge >= 0.3 is 6.03 Å². The van der Waals surface area contributed by atoms with Crippen LogP contribution in [0.4, 0.5) is 16.2 Å². The van der Waals surface area contributed by atoms with Gasteiger partial charge in [0.2, 0.25) is 0 Å². The van der Waals surface area contributed by atoms with Crippen LogP contribution in [-0.2, 0) is 6.54 Å². The van der Waals surface area contributed by atoms with E-state index in [-0.39, 0.29) is 6.03 Å². The zero-order valence-electron chi connectivity index (χ0n) is 11.5. The lowest BCUT2D eigenvalue weighted by Crippen LogP contribution is -2.27. The van der Waals surface area contributed by atoms with Crippen LogP contribution in [0.25, 0.3) is 0 Å². The number of carbonyl (C=O) groups is 1. The van der Waals surface area contributed by atoms with E-state index in [1.54, 1.807) is 4.90 Å². The first-order valence-electron chi connectivity index (χ1n) is 6.87. The first kappa shape index (κ1) is 13.8. The zero-order chi connectivity index (χ0) is 14.7. The number of carbonyl (C=O) groups excluding carboxylic acids is 1. The van der Waals surface area contributed by atoms with E-state index < -0.39 is 0 Å². The molecular formula is C16H16ClN3O. The normalized spacial score (nSPS) is 14.1. The number of rotatable bonds is 4. The fourth-order valence-corrected chi connectivity index (χ4v) is 2.52. The highest BCUT2D eigenvalue weighted by Crippen LogP contribution is 2.21. The Balaban J connectivity index is 1.65. The maximum absolute atomic E-state index is 11.6. The Morgan fingerprint density at radius 3 is 2.57 bits per heavy atom. The van der Waals surface area contributed by atoms with Crippen molar-refractivity contribution in [2.24, 2.45) is 0 Å². The van der Waals surface area contributed by atoms with Crippen LogP contribution >= 0.6 is 11.6 Å². The maximum atomic E-state index is 11.6. The second-order valence-corrected chi connectivity index (χ2v) is 5.28. The number of urea groups is 1. The van der Waals surface area contributed by atoms with Crippen molar-refractivity contribution in [3.8, 4) is 0 Å². The van der Waals surface area contributed by atoms with E-state index in [1.165, 1.54) is 0 Å². The summed E-state index contributed by atoms with van der Waals surface area (Å²) >= 11 is 6.13. The number of halogens is 1. The maximum Gasteiger partial charge on any atom is 0.321 e. The molecule has 5 heteroatoms. The van der Waals surface area contributed by atoms with Crippen molar-refractivity contribution < 1.29 is 4.79 Å². The molecule has 3 rings (SSSR count). The SMILES string of the molecule is O=C1NCCN1c1ccc(NCc2ccccc2Cl)cc1. The standard InChI is InChI=1S/C16H16ClN3O/c17-15-4-2-1-3-12(15)11-19-13-5-7-14(8-6-13)20-10-9-18-16(20)21/h1-8,19H,9-11H2,(H,18,21). The summed E-state index contributed by atoms with van der Waals surface area (Å²) in [6.07, 6.45) is 0. The largest absolute Gasteiger partial charge is 0.381 e. The fourth-order valence-electron chi connectivity index (χ4n) is 2.32. The molecule has 1 aliphatic rings. The first-order chi connectivity index (χ1) is 10.2. The summed E-state index contributed by atoms with van der Waals surface area (Å²) in [5.41, 5.74) is 2.97. The van der Waals surface area contributed by atoms with Gasteiger partial charge in [-0.1, -0.05) is 29.8 Å². The predicted octanol–water partition coefficient (Wildman–Crippen LogP) is 3.48. The molecule has 2 aromatic carbocycles. The van der Waals surface area contributed by atoms with Crippen molar-refractivity contribution in [3.05, 3.63) is 59.1 Å². The molecular weight excluding hydrogens is 286 g/mol. The lowest BCUT2D eigenvalue weighted by molar-refractivity contribution is 0.252. The molecule has 2 N–H and O–H groups in total. The highest BCUT2D eigenvalue weighted by atomic mass is 35.5. The molecule has 0 aromatic heterocycles. The quantitative estimate of drug-likeness (QED) is 0.908. The van der Waals surface area contributed by atoms with Gasteiger partial charge < -0.3 is 10.6 Å². The predicted molar refractivity (Wildman–Crippen MR) is 86.0 cm³/mol. The number of anilines is 2. The van der Waals surface area contributed by atoms with Crippen molar-refractivity contribution in [3.63, 3.8) is 0 Å². The van der Waals surface area contributed by atoms with E-state index in [0.29, 0.717) is 19.6 Å². The second kappa shape index (κ2) is 6.06. The van der Waals surface area contributed by atoms with Crippen LogP contribution in [0.3, 0.4) is 0 Å². The van der Waals surface area contributed by atoms with Gasteiger partial charge in [0.15, 0.2) is 0 Å². The van der Waals surface area contributed by atoms with Gasteiger partial charge in [-0.05, 0) is 35.9 Å². The van der Waals surface area contributed by atoms with Gasteiger partial charge in [-0.3, -0.25) is 4.90 Å². The van der Waals surface area contributed by atoms with E-state index in [0.717, 1.165) is 22.0 Å². The van der Waals surface area contributed by atoms with E-state index in [4.69, 9.17) is 11.6 Å². The highest BCUT2D eigenvalue weighted by molar-refractivity contribution is 6.31. The number of amides is 2. The Morgan fingerprint density at radius 2 is 1.90 bits per heavy atom. The molecule has 0 spiro atoms. The van der Waals surface area contributed by atoms with Crippen molar-refractivity contribution >= 4 is 29.0 Å². The molecule has 1 aliphatic heterocycles. The molecule has 1 saturated heterocycles. The van der Waals surface area contributed by atoms with Gasteiger partial charge in [0.1, 0.15) is 0 Å². The topological polar surface area (TPSA) is 44.4 Å². The average Bonchev–Trinajstić information content (AvgIpc) is 2.93. The molecule has 4 nitrogen and oxygen atoms in total. The summed E-state index contributed by atoms with van der Waals surface area (Å²) in [6, 6.07) is 15.6. The van der Waals surface area contributed by atoms with Crippen molar-refractivity contribution in [1.29, 1.82) is 0 Å². The fraction of sp³-hybridized carbons (Fsp3) is 0.188. The molecule has 0 bridgehead atoms. The van der Waals surface area contributed by atoms with Crippen LogP contribution in [-0.4, -0.2) is 19.1 Å². The van der Waals surface area contributed by atoms with Crippen LogP contribution in [0.1, 0.15) is 5.56 Å². The Kier molecular flexibility index (Phi) is 3.97. The Labute approximate surface area is 128 Å². The molecule has 0 unspecified atom stereocenters. The van der Waals surface area contributed by atoms with Gasteiger partial charge in [-0.25, -0.2) is 4.79 Å². The van der Waals surface area contributed by atoms with E-state index in [2.05, 4.69) is 10.6 Å². The Morgan fingerprint density at radius 1 is 1.14 bits per heavy atom. The number of benzene rings is 2. The number of nitrogens with one attached hydrogen (secondary N) is 2. The molecule has 2 aromatic rings. The van der Waals surface area contributed by atoms with Gasteiger partial charge in [0.05, 0.1) is 0 Å². The van der Waals surface area contributed by atoms with E-state index in [1.807, 2.05) is 48.5 Å². The minimum absolute atomic E-state index is 0.0354. The minimum Gasteiger partial charge on any atom is -0.381 e. The van der Waals surface area contributed by atoms with Crippen LogP contribution in [0.2, 0.25) is 5.02 Å². The molecule has 0 aliphatic carbocycles. The first-order valence-corrected chi connectivity index (χ1v) is 7.24. The van der Waals surface area contributed by atoms with E-state index >= 15 is 0 Å². The van der Waals surface area contributed by atoms with Crippen LogP contribution in [0, 0.1) is 0 Å². The molecule has 108 valence electrons. The Hall–Kier alpha value is -2.20. The summed E-state index contributed by atoms with van der Waals surface area (Å²) in [5, 5.41) is 6.88. The van der Waals surface area contributed by atoms with Crippen LogP contribution < -0.4 is 15.5 Å². The van der Waals surface area contributed by atoms with E-state index in [9.17, 15) is 4.79 Å². The summed E-state index contributed by atoms with van der Waals surface area (Å²) in [5.74, 6) is 0. The van der Waals surface area contributed by atoms with Crippen molar-refractivity contribution in [1.82, 2.24) is 5.32 Å². The molecule has 1 heterocycles. The Bertz CT molecular complexity index is 642. The number of hydrogen-bond acceptors (Lipinski definition) is 2. The molecule has 0 atom stereocenters. The number of hydrogen-bond donors (Lipinski definition) is 2. The number of nitrogens with zero attached hydrogens (tertiary/aromatic N) is 1. The van der Waals surface area contributed by atoms with Gasteiger partial charge in [-0.2, -0.15) is 0 Å². The molecule has 21 heavy (non-hydrogen) atoms. The van der Waals surface area contributed by atoms with Gasteiger partial charge in [-0.15, -0.1) is 0 Å². The second-order valence-electron chi connectivity index (χ2n) is 4.88. The van der Waals surface area contributed by atoms with Gasteiger partial charge in [0.25, 0.3) is 0 Å². The smallest absolute Gasteiger partial charge is 0.321 e. The molecule has 2 amide bonds.